The van der Waals surface area contributed by atoms with E-state index in [9.17, 15) is 4.79 Å². The molecular formula is C14H20N2O2. The van der Waals surface area contributed by atoms with E-state index in [1.807, 2.05) is 12.1 Å². The van der Waals surface area contributed by atoms with Crippen LogP contribution in [0.4, 0.5) is 5.69 Å². The number of nitrogens with zero attached hydrogens (tertiary/aromatic N) is 1. The van der Waals surface area contributed by atoms with Crippen molar-refractivity contribution in [2.45, 2.75) is 25.8 Å². The summed E-state index contributed by atoms with van der Waals surface area (Å²) in [5.41, 5.74) is 2.47. The molecule has 0 saturated carbocycles. The number of aryl methyl sites for hydroxylation is 1. The van der Waals surface area contributed by atoms with Crippen molar-refractivity contribution in [3.63, 3.8) is 0 Å². The smallest absolute Gasteiger partial charge is 0.305 e. The molecular weight excluding hydrogens is 228 g/mol. The summed E-state index contributed by atoms with van der Waals surface area (Å²) in [6.45, 7) is 4.65. The molecule has 1 aliphatic rings. The lowest BCUT2D eigenvalue weighted by Crippen LogP contribution is -2.52. The molecule has 4 heteroatoms. The second kappa shape index (κ2) is 5.87. The van der Waals surface area contributed by atoms with Gasteiger partial charge in [-0.2, -0.15) is 0 Å². The highest BCUT2D eigenvalue weighted by Crippen LogP contribution is 2.24. The Balaban J connectivity index is 2.24. The quantitative estimate of drug-likeness (QED) is 0.848. The first kappa shape index (κ1) is 12.9. The van der Waals surface area contributed by atoms with Crippen molar-refractivity contribution in [1.29, 1.82) is 0 Å². The average molecular weight is 248 g/mol. The molecule has 0 amide bonds. The molecule has 18 heavy (non-hydrogen) atoms. The Labute approximate surface area is 108 Å². The van der Waals surface area contributed by atoms with Crippen molar-refractivity contribution in [2.75, 3.05) is 24.5 Å². The second-order valence-corrected chi connectivity index (χ2v) is 4.63. The van der Waals surface area contributed by atoms with Crippen molar-refractivity contribution >= 4 is 11.7 Å². The minimum absolute atomic E-state index is 0.0453. The molecule has 0 aliphatic carbocycles. The molecule has 1 saturated heterocycles. The highest BCUT2D eigenvalue weighted by Gasteiger charge is 2.25. The maximum absolute atomic E-state index is 10.9. The number of carboxylic acids is 1. The van der Waals surface area contributed by atoms with Crippen LogP contribution in [0.2, 0.25) is 0 Å². The SMILES string of the molecule is CCc1ccccc1N1CCNCC1CC(=O)O. The number of aliphatic carboxylic acids is 1. The summed E-state index contributed by atoms with van der Waals surface area (Å²) in [6, 6.07) is 8.32. The van der Waals surface area contributed by atoms with Crippen LogP contribution in [-0.2, 0) is 11.2 Å². The van der Waals surface area contributed by atoms with Crippen molar-refractivity contribution in [3.05, 3.63) is 29.8 Å². The second-order valence-electron chi connectivity index (χ2n) is 4.63. The van der Waals surface area contributed by atoms with E-state index in [-0.39, 0.29) is 12.5 Å². The van der Waals surface area contributed by atoms with Crippen LogP contribution < -0.4 is 10.2 Å². The molecule has 1 fully saturated rings. The Morgan fingerprint density at radius 3 is 3.00 bits per heavy atom. The number of carbonyl (C=O) groups is 1. The highest BCUT2D eigenvalue weighted by atomic mass is 16.4. The van der Waals surface area contributed by atoms with Crippen molar-refractivity contribution in [3.8, 4) is 0 Å². The number of anilines is 1. The average Bonchev–Trinajstić information content (AvgIpc) is 2.39. The summed E-state index contributed by atoms with van der Waals surface area (Å²) in [7, 11) is 0. The van der Waals surface area contributed by atoms with Gasteiger partial charge in [0.2, 0.25) is 0 Å². The van der Waals surface area contributed by atoms with E-state index in [2.05, 4.69) is 29.3 Å². The molecule has 1 aromatic rings. The van der Waals surface area contributed by atoms with E-state index in [1.165, 1.54) is 11.3 Å². The van der Waals surface area contributed by atoms with Gasteiger partial charge in [-0.15, -0.1) is 0 Å². The first-order valence-electron chi connectivity index (χ1n) is 6.49. The van der Waals surface area contributed by atoms with Crippen LogP contribution in [0.5, 0.6) is 0 Å². The molecule has 2 N–H and O–H groups in total. The van der Waals surface area contributed by atoms with Gasteiger partial charge >= 0.3 is 5.97 Å². The van der Waals surface area contributed by atoms with Gasteiger partial charge in [-0.1, -0.05) is 25.1 Å². The van der Waals surface area contributed by atoms with Gasteiger partial charge < -0.3 is 15.3 Å². The number of rotatable bonds is 4. The van der Waals surface area contributed by atoms with Crippen molar-refractivity contribution in [2.24, 2.45) is 0 Å². The van der Waals surface area contributed by atoms with Crippen LogP contribution in [0.1, 0.15) is 18.9 Å². The van der Waals surface area contributed by atoms with Gasteiger partial charge in [-0.25, -0.2) is 0 Å². The van der Waals surface area contributed by atoms with Gasteiger partial charge in [0.25, 0.3) is 0 Å². The van der Waals surface area contributed by atoms with E-state index in [1.54, 1.807) is 0 Å². The van der Waals surface area contributed by atoms with Crippen LogP contribution >= 0.6 is 0 Å². The fourth-order valence-electron chi connectivity index (χ4n) is 2.55. The fraction of sp³-hybridized carbons (Fsp3) is 0.500. The molecule has 4 nitrogen and oxygen atoms in total. The van der Waals surface area contributed by atoms with Crippen LogP contribution in [0.25, 0.3) is 0 Å². The number of benzene rings is 1. The third-order valence-corrected chi connectivity index (χ3v) is 3.44. The van der Waals surface area contributed by atoms with Crippen LogP contribution in [-0.4, -0.2) is 36.8 Å². The summed E-state index contributed by atoms with van der Waals surface area (Å²) in [6.07, 6.45) is 1.16. The molecule has 98 valence electrons. The minimum Gasteiger partial charge on any atom is -0.481 e. The molecule has 1 unspecified atom stereocenters. The fourth-order valence-corrected chi connectivity index (χ4v) is 2.55. The van der Waals surface area contributed by atoms with Crippen LogP contribution in [0, 0.1) is 0 Å². The van der Waals surface area contributed by atoms with E-state index in [0.29, 0.717) is 0 Å². The summed E-state index contributed by atoms with van der Waals surface area (Å²) >= 11 is 0. The van der Waals surface area contributed by atoms with Crippen LogP contribution in [0.3, 0.4) is 0 Å². The van der Waals surface area contributed by atoms with E-state index in [4.69, 9.17) is 5.11 Å². The van der Waals surface area contributed by atoms with Gasteiger partial charge in [-0.05, 0) is 18.1 Å². The summed E-state index contributed by atoms with van der Waals surface area (Å²) in [4.78, 5) is 13.2. The van der Waals surface area contributed by atoms with E-state index < -0.39 is 5.97 Å². The van der Waals surface area contributed by atoms with Gasteiger partial charge in [0.05, 0.1) is 12.5 Å². The summed E-state index contributed by atoms with van der Waals surface area (Å²) in [5.74, 6) is -0.734. The maximum atomic E-state index is 10.9. The zero-order valence-corrected chi connectivity index (χ0v) is 10.7. The number of hydrogen-bond donors (Lipinski definition) is 2. The van der Waals surface area contributed by atoms with Crippen molar-refractivity contribution < 1.29 is 9.90 Å². The largest absolute Gasteiger partial charge is 0.481 e. The molecule has 2 rings (SSSR count). The van der Waals surface area contributed by atoms with Gasteiger partial charge in [0, 0.05) is 25.3 Å². The lowest BCUT2D eigenvalue weighted by Gasteiger charge is -2.38. The Morgan fingerprint density at radius 2 is 2.28 bits per heavy atom. The number of nitrogens with one attached hydrogen (secondary N) is 1. The maximum Gasteiger partial charge on any atom is 0.305 e. The molecule has 0 radical (unpaired) electrons. The molecule has 1 aliphatic heterocycles. The van der Waals surface area contributed by atoms with Crippen molar-refractivity contribution in [1.82, 2.24) is 5.32 Å². The minimum atomic E-state index is -0.734. The first-order chi connectivity index (χ1) is 8.72. The zero-order chi connectivity index (χ0) is 13.0. The van der Waals surface area contributed by atoms with E-state index >= 15 is 0 Å². The molecule has 0 spiro atoms. The number of piperazine rings is 1. The Hall–Kier alpha value is -1.55. The molecule has 1 atom stereocenters. The Morgan fingerprint density at radius 1 is 1.50 bits per heavy atom. The topological polar surface area (TPSA) is 52.6 Å². The highest BCUT2D eigenvalue weighted by molar-refractivity contribution is 5.69. The lowest BCUT2D eigenvalue weighted by molar-refractivity contribution is -0.137. The van der Waals surface area contributed by atoms with Gasteiger partial charge in [0.15, 0.2) is 0 Å². The Bertz CT molecular complexity index is 420. The predicted octanol–water partition coefficient (Wildman–Crippen LogP) is 1.50. The normalized spacial score (nSPS) is 19.8. The monoisotopic (exact) mass is 248 g/mol. The van der Waals surface area contributed by atoms with E-state index in [0.717, 1.165) is 26.1 Å². The summed E-state index contributed by atoms with van der Waals surface area (Å²) < 4.78 is 0. The standard InChI is InChI=1S/C14H20N2O2/c1-2-11-5-3-4-6-13(11)16-8-7-15-10-12(16)9-14(17)18/h3-6,12,15H,2,7-10H2,1H3,(H,17,18). The molecule has 1 aromatic carbocycles. The number of para-hydroxylation sites is 1. The molecule has 1 heterocycles. The molecule has 0 bridgehead atoms. The first-order valence-corrected chi connectivity index (χ1v) is 6.49. The number of hydrogen-bond acceptors (Lipinski definition) is 3. The summed E-state index contributed by atoms with van der Waals surface area (Å²) in [5, 5.41) is 12.3. The third kappa shape index (κ3) is 2.82. The van der Waals surface area contributed by atoms with Crippen LogP contribution in [0.15, 0.2) is 24.3 Å². The van der Waals surface area contributed by atoms with Gasteiger partial charge in [-0.3, -0.25) is 4.79 Å². The third-order valence-electron chi connectivity index (χ3n) is 3.44. The predicted molar refractivity (Wildman–Crippen MR) is 72.1 cm³/mol. The molecule has 0 aromatic heterocycles. The Kier molecular flexibility index (Phi) is 4.20. The zero-order valence-electron chi connectivity index (χ0n) is 10.7. The lowest BCUT2D eigenvalue weighted by atomic mass is 10.0. The van der Waals surface area contributed by atoms with Gasteiger partial charge in [0.1, 0.15) is 0 Å². The number of carboxylic acid groups (broad SMARTS) is 1.